The highest BCUT2D eigenvalue weighted by molar-refractivity contribution is 5.79. The molecule has 0 saturated heterocycles. The number of carbonyl (C=O) groups is 1. The van der Waals surface area contributed by atoms with Gasteiger partial charge in [0.05, 0.1) is 7.11 Å². The molecule has 0 bridgehead atoms. The highest BCUT2D eigenvalue weighted by atomic mass is 19.1. The minimum Gasteiger partial charge on any atom is -0.496 e. The summed E-state index contributed by atoms with van der Waals surface area (Å²) in [5.74, 6) is 0.157. The van der Waals surface area contributed by atoms with Gasteiger partial charge < -0.3 is 14.2 Å². The summed E-state index contributed by atoms with van der Waals surface area (Å²) in [6.07, 6.45) is 0. The van der Waals surface area contributed by atoms with Gasteiger partial charge in [0.25, 0.3) is 0 Å². The van der Waals surface area contributed by atoms with Gasteiger partial charge in [0.15, 0.2) is 5.60 Å². The van der Waals surface area contributed by atoms with Crippen LogP contribution >= 0.6 is 0 Å². The summed E-state index contributed by atoms with van der Waals surface area (Å²) in [5, 5.41) is 0. The van der Waals surface area contributed by atoms with Crippen LogP contribution in [0.2, 0.25) is 0 Å². The first-order valence-electron chi connectivity index (χ1n) is 7.16. The van der Waals surface area contributed by atoms with Gasteiger partial charge in [0.2, 0.25) is 0 Å². The molecule has 23 heavy (non-hydrogen) atoms. The Morgan fingerprint density at radius 3 is 2.39 bits per heavy atom. The van der Waals surface area contributed by atoms with Crippen LogP contribution in [-0.2, 0) is 16.1 Å². The molecule has 0 saturated carbocycles. The molecule has 5 heteroatoms. The molecule has 0 heterocycles. The number of para-hydroxylation sites is 1. The second-order valence-corrected chi connectivity index (χ2v) is 5.45. The number of rotatable bonds is 6. The lowest BCUT2D eigenvalue weighted by Crippen LogP contribution is -2.39. The SMILES string of the molecule is COc1ccccc1COC(=O)C(C)(C)Oc1ccc(F)cc1. The summed E-state index contributed by atoms with van der Waals surface area (Å²) >= 11 is 0. The van der Waals surface area contributed by atoms with E-state index in [0.29, 0.717) is 11.5 Å². The number of halogens is 1. The number of benzene rings is 2. The average molecular weight is 318 g/mol. The zero-order chi connectivity index (χ0) is 16.9. The Hall–Kier alpha value is -2.56. The summed E-state index contributed by atoms with van der Waals surface area (Å²) in [4.78, 5) is 12.2. The zero-order valence-electron chi connectivity index (χ0n) is 13.3. The zero-order valence-corrected chi connectivity index (χ0v) is 13.3. The van der Waals surface area contributed by atoms with Crippen LogP contribution in [0.4, 0.5) is 4.39 Å². The minimum atomic E-state index is -1.19. The molecule has 0 unspecified atom stereocenters. The topological polar surface area (TPSA) is 44.8 Å². The number of ether oxygens (including phenoxy) is 3. The third kappa shape index (κ3) is 4.45. The maximum atomic E-state index is 12.9. The molecule has 2 rings (SSSR count). The Morgan fingerprint density at radius 1 is 1.09 bits per heavy atom. The van der Waals surface area contributed by atoms with E-state index in [2.05, 4.69) is 0 Å². The van der Waals surface area contributed by atoms with Crippen molar-refractivity contribution in [3.8, 4) is 11.5 Å². The van der Waals surface area contributed by atoms with Gasteiger partial charge in [-0.1, -0.05) is 18.2 Å². The van der Waals surface area contributed by atoms with E-state index in [0.717, 1.165) is 5.56 Å². The molecular weight excluding hydrogens is 299 g/mol. The van der Waals surface area contributed by atoms with Crippen molar-refractivity contribution in [2.24, 2.45) is 0 Å². The van der Waals surface area contributed by atoms with Crippen LogP contribution in [0.3, 0.4) is 0 Å². The quantitative estimate of drug-likeness (QED) is 0.761. The van der Waals surface area contributed by atoms with Crippen LogP contribution in [0, 0.1) is 5.82 Å². The number of methoxy groups -OCH3 is 1. The van der Waals surface area contributed by atoms with Crippen molar-refractivity contribution in [2.75, 3.05) is 7.11 Å². The van der Waals surface area contributed by atoms with Gasteiger partial charge in [-0.3, -0.25) is 0 Å². The van der Waals surface area contributed by atoms with Crippen LogP contribution in [0.15, 0.2) is 48.5 Å². The maximum Gasteiger partial charge on any atom is 0.350 e. The highest BCUT2D eigenvalue weighted by Gasteiger charge is 2.32. The second kappa shape index (κ2) is 7.13. The van der Waals surface area contributed by atoms with Crippen molar-refractivity contribution in [3.63, 3.8) is 0 Å². The summed E-state index contributed by atoms with van der Waals surface area (Å²) in [6, 6.07) is 12.8. The van der Waals surface area contributed by atoms with E-state index in [4.69, 9.17) is 14.2 Å². The minimum absolute atomic E-state index is 0.0824. The fourth-order valence-electron chi connectivity index (χ4n) is 1.98. The molecule has 0 spiro atoms. The normalized spacial score (nSPS) is 11.0. The Morgan fingerprint density at radius 2 is 1.74 bits per heavy atom. The van der Waals surface area contributed by atoms with Gasteiger partial charge in [-0.25, -0.2) is 9.18 Å². The van der Waals surface area contributed by atoms with Gasteiger partial charge in [-0.05, 0) is 44.2 Å². The first-order chi connectivity index (χ1) is 10.9. The first-order valence-corrected chi connectivity index (χ1v) is 7.16. The van der Waals surface area contributed by atoms with E-state index in [9.17, 15) is 9.18 Å². The lowest BCUT2D eigenvalue weighted by Gasteiger charge is -2.24. The molecule has 0 radical (unpaired) electrons. The van der Waals surface area contributed by atoms with E-state index in [1.165, 1.54) is 24.3 Å². The van der Waals surface area contributed by atoms with E-state index in [-0.39, 0.29) is 12.4 Å². The molecular formula is C18H19FO4. The van der Waals surface area contributed by atoms with Crippen molar-refractivity contribution in [2.45, 2.75) is 26.1 Å². The summed E-state index contributed by atoms with van der Waals surface area (Å²) in [5.41, 5.74) is -0.430. The Bertz CT molecular complexity index is 665. The predicted octanol–water partition coefficient (Wildman–Crippen LogP) is 3.74. The van der Waals surface area contributed by atoms with Crippen LogP contribution < -0.4 is 9.47 Å². The standard InChI is InChI=1S/C18H19FO4/c1-18(2,23-15-10-8-14(19)9-11-15)17(20)22-12-13-6-4-5-7-16(13)21-3/h4-11H,12H2,1-3H3. The summed E-state index contributed by atoms with van der Waals surface area (Å²) in [6.45, 7) is 3.28. The molecule has 0 atom stereocenters. The van der Waals surface area contributed by atoms with Crippen molar-refractivity contribution in [1.29, 1.82) is 0 Å². The molecule has 0 fully saturated rings. The Kier molecular flexibility index (Phi) is 5.21. The smallest absolute Gasteiger partial charge is 0.350 e. The van der Waals surface area contributed by atoms with Crippen LogP contribution in [-0.4, -0.2) is 18.7 Å². The van der Waals surface area contributed by atoms with Crippen molar-refractivity contribution in [3.05, 3.63) is 59.9 Å². The fourth-order valence-corrected chi connectivity index (χ4v) is 1.98. The predicted molar refractivity (Wildman–Crippen MR) is 83.9 cm³/mol. The molecule has 0 aliphatic carbocycles. The van der Waals surface area contributed by atoms with Gasteiger partial charge in [-0.2, -0.15) is 0 Å². The van der Waals surface area contributed by atoms with Gasteiger partial charge >= 0.3 is 5.97 Å². The summed E-state index contributed by atoms with van der Waals surface area (Å²) in [7, 11) is 1.56. The average Bonchev–Trinajstić information content (AvgIpc) is 2.54. The van der Waals surface area contributed by atoms with Gasteiger partial charge in [0, 0.05) is 5.56 Å². The third-order valence-electron chi connectivity index (χ3n) is 3.23. The van der Waals surface area contributed by atoms with Crippen LogP contribution in [0.25, 0.3) is 0 Å². The lowest BCUT2D eigenvalue weighted by atomic mass is 10.1. The van der Waals surface area contributed by atoms with E-state index >= 15 is 0 Å². The fraction of sp³-hybridized carbons (Fsp3) is 0.278. The van der Waals surface area contributed by atoms with E-state index in [1.807, 2.05) is 18.2 Å². The number of esters is 1. The lowest BCUT2D eigenvalue weighted by molar-refractivity contribution is -0.160. The second-order valence-electron chi connectivity index (χ2n) is 5.45. The highest BCUT2D eigenvalue weighted by Crippen LogP contribution is 2.22. The monoisotopic (exact) mass is 318 g/mol. The van der Waals surface area contributed by atoms with Crippen LogP contribution in [0.5, 0.6) is 11.5 Å². The molecule has 0 aliphatic rings. The summed E-state index contributed by atoms with van der Waals surface area (Å²) < 4.78 is 29.0. The molecule has 0 aliphatic heterocycles. The first kappa shape index (κ1) is 16.8. The number of carbonyl (C=O) groups excluding carboxylic acids is 1. The Balaban J connectivity index is 1.99. The molecule has 122 valence electrons. The number of hydrogen-bond acceptors (Lipinski definition) is 4. The largest absolute Gasteiger partial charge is 0.496 e. The third-order valence-corrected chi connectivity index (χ3v) is 3.23. The molecule has 2 aromatic rings. The maximum absolute atomic E-state index is 12.9. The van der Waals surface area contributed by atoms with Crippen molar-refractivity contribution >= 4 is 5.97 Å². The molecule has 2 aromatic carbocycles. The van der Waals surface area contributed by atoms with Crippen molar-refractivity contribution < 1.29 is 23.4 Å². The molecule has 0 amide bonds. The Labute approximate surface area is 134 Å². The van der Waals surface area contributed by atoms with Crippen LogP contribution in [0.1, 0.15) is 19.4 Å². The molecule has 0 N–H and O–H groups in total. The van der Waals surface area contributed by atoms with Crippen molar-refractivity contribution in [1.82, 2.24) is 0 Å². The van der Waals surface area contributed by atoms with Gasteiger partial charge in [-0.15, -0.1) is 0 Å². The number of hydrogen-bond donors (Lipinski definition) is 0. The van der Waals surface area contributed by atoms with Gasteiger partial charge in [0.1, 0.15) is 23.9 Å². The molecule has 4 nitrogen and oxygen atoms in total. The van der Waals surface area contributed by atoms with E-state index < -0.39 is 11.6 Å². The van der Waals surface area contributed by atoms with E-state index in [1.54, 1.807) is 27.0 Å². The molecule has 0 aromatic heterocycles.